The Morgan fingerprint density at radius 3 is 2.83 bits per heavy atom. The third-order valence-corrected chi connectivity index (χ3v) is 0.697. The molecule has 1 saturated heterocycles. The second kappa shape index (κ2) is 1.55. The van der Waals surface area contributed by atoms with Crippen LogP contribution in [-0.2, 0) is 4.74 Å². The van der Waals surface area contributed by atoms with Crippen molar-refractivity contribution in [1.29, 1.82) is 0 Å². The molecule has 0 bridgehead atoms. The van der Waals surface area contributed by atoms with E-state index in [1.165, 1.54) is 0 Å². The standard InChI is InChI=1S/C3H7NO2/c5-3-1-4-2-6-3/h3-5H,1-2H2. The molecule has 0 aliphatic carbocycles. The summed E-state index contributed by atoms with van der Waals surface area (Å²) in [6.07, 6.45) is -0.565. The molecule has 0 spiro atoms. The maximum atomic E-state index is 8.44. The summed E-state index contributed by atoms with van der Waals surface area (Å²) in [7, 11) is 0. The van der Waals surface area contributed by atoms with Crippen LogP contribution in [0.2, 0.25) is 0 Å². The van der Waals surface area contributed by atoms with Gasteiger partial charge in [-0.05, 0) is 0 Å². The fourth-order valence-corrected chi connectivity index (χ4v) is 0.396. The van der Waals surface area contributed by atoms with Crippen molar-refractivity contribution in [3.63, 3.8) is 0 Å². The van der Waals surface area contributed by atoms with E-state index >= 15 is 0 Å². The zero-order valence-electron chi connectivity index (χ0n) is 3.35. The molecule has 36 valence electrons. The monoisotopic (exact) mass is 89.0 g/mol. The van der Waals surface area contributed by atoms with Crippen molar-refractivity contribution < 1.29 is 9.84 Å². The summed E-state index contributed by atoms with van der Waals surface area (Å²) in [5.74, 6) is 0. The van der Waals surface area contributed by atoms with E-state index in [9.17, 15) is 0 Å². The molecule has 1 fully saturated rings. The van der Waals surface area contributed by atoms with Gasteiger partial charge in [-0.15, -0.1) is 0 Å². The van der Waals surface area contributed by atoms with E-state index in [0.29, 0.717) is 13.3 Å². The van der Waals surface area contributed by atoms with Gasteiger partial charge in [0.2, 0.25) is 0 Å². The number of β-amino-alcohol motifs (C(OH)–C–C–N with tert-alkyl or cyclic N) is 1. The highest BCUT2D eigenvalue weighted by atomic mass is 16.6. The van der Waals surface area contributed by atoms with Crippen molar-refractivity contribution in [3.05, 3.63) is 0 Å². The molecule has 1 aliphatic rings. The second-order valence-corrected chi connectivity index (χ2v) is 1.22. The topological polar surface area (TPSA) is 41.5 Å². The Morgan fingerprint density at radius 2 is 2.67 bits per heavy atom. The molecule has 1 rings (SSSR count). The number of aliphatic hydroxyl groups is 1. The molecule has 3 heteroatoms. The molecule has 1 atom stereocenters. The minimum Gasteiger partial charge on any atom is -0.367 e. The van der Waals surface area contributed by atoms with E-state index < -0.39 is 6.29 Å². The molecule has 0 aromatic heterocycles. The highest BCUT2D eigenvalue weighted by molar-refractivity contribution is 4.50. The molecule has 1 unspecified atom stereocenters. The molecule has 0 aromatic rings. The second-order valence-electron chi connectivity index (χ2n) is 1.22. The average molecular weight is 89.1 g/mol. The summed E-state index contributed by atoms with van der Waals surface area (Å²) in [4.78, 5) is 0. The molecule has 0 aromatic carbocycles. The number of hydrogen-bond donors (Lipinski definition) is 2. The molecule has 3 nitrogen and oxygen atoms in total. The first-order valence-electron chi connectivity index (χ1n) is 1.90. The summed E-state index contributed by atoms with van der Waals surface area (Å²) in [5, 5.41) is 11.2. The van der Waals surface area contributed by atoms with Gasteiger partial charge in [0.1, 0.15) is 0 Å². The van der Waals surface area contributed by atoms with Gasteiger partial charge in [0.05, 0.1) is 6.73 Å². The van der Waals surface area contributed by atoms with Gasteiger partial charge in [0, 0.05) is 6.54 Å². The summed E-state index contributed by atoms with van der Waals surface area (Å²) < 4.78 is 4.60. The SMILES string of the molecule is OC1CNCO1. The fraction of sp³-hybridized carbons (Fsp3) is 1.00. The van der Waals surface area contributed by atoms with Crippen LogP contribution in [0.5, 0.6) is 0 Å². The Labute approximate surface area is 35.9 Å². The van der Waals surface area contributed by atoms with Crippen LogP contribution in [0.15, 0.2) is 0 Å². The van der Waals surface area contributed by atoms with E-state index in [-0.39, 0.29) is 0 Å². The molecule has 1 heterocycles. The number of nitrogens with one attached hydrogen (secondary N) is 1. The lowest BCUT2D eigenvalue weighted by molar-refractivity contribution is -0.0519. The largest absolute Gasteiger partial charge is 0.367 e. The molecule has 1 aliphatic heterocycles. The molecule has 6 heavy (non-hydrogen) atoms. The van der Waals surface area contributed by atoms with Crippen LogP contribution in [-0.4, -0.2) is 24.7 Å². The lowest BCUT2D eigenvalue weighted by Crippen LogP contribution is -2.11. The van der Waals surface area contributed by atoms with E-state index in [4.69, 9.17) is 5.11 Å². The molecule has 0 radical (unpaired) electrons. The fourth-order valence-electron chi connectivity index (χ4n) is 0.396. The first kappa shape index (κ1) is 4.05. The average Bonchev–Trinajstić information content (AvgIpc) is 1.86. The third-order valence-electron chi connectivity index (χ3n) is 0.697. The van der Waals surface area contributed by atoms with Crippen LogP contribution in [0.25, 0.3) is 0 Å². The summed E-state index contributed by atoms with van der Waals surface area (Å²) in [6, 6.07) is 0. The third kappa shape index (κ3) is 0.680. The molecular formula is C3H7NO2. The van der Waals surface area contributed by atoms with Gasteiger partial charge in [-0.1, -0.05) is 0 Å². The Hall–Kier alpha value is -0.120. The van der Waals surface area contributed by atoms with E-state index in [2.05, 4.69) is 10.1 Å². The van der Waals surface area contributed by atoms with Crippen LogP contribution in [0.4, 0.5) is 0 Å². The van der Waals surface area contributed by atoms with E-state index in [1.807, 2.05) is 0 Å². The number of aliphatic hydroxyl groups excluding tert-OH is 1. The predicted molar refractivity (Wildman–Crippen MR) is 20.0 cm³/mol. The van der Waals surface area contributed by atoms with E-state index in [1.54, 1.807) is 0 Å². The van der Waals surface area contributed by atoms with Crippen molar-refractivity contribution >= 4 is 0 Å². The maximum Gasteiger partial charge on any atom is 0.168 e. The maximum absolute atomic E-state index is 8.44. The number of hydrogen-bond acceptors (Lipinski definition) is 3. The van der Waals surface area contributed by atoms with Crippen molar-refractivity contribution in [2.45, 2.75) is 6.29 Å². The Morgan fingerprint density at radius 1 is 1.83 bits per heavy atom. The molecule has 0 saturated carbocycles. The molecular weight excluding hydrogens is 82.0 g/mol. The first-order valence-corrected chi connectivity index (χ1v) is 1.90. The Bertz CT molecular complexity index is 42.1. The minimum absolute atomic E-state index is 0.487. The lowest BCUT2D eigenvalue weighted by Gasteiger charge is -1.91. The van der Waals surface area contributed by atoms with Crippen molar-refractivity contribution in [1.82, 2.24) is 5.32 Å². The summed E-state index contributed by atoms with van der Waals surface area (Å²) in [5.41, 5.74) is 0. The van der Waals surface area contributed by atoms with E-state index in [0.717, 1.165) is 0 Å². The van der Waals surface area contributed by atoms with Crippen molar-refractivity contribution in [2.75, 3.05) is 13.3 Å². The zero-order chi connectivity index (χ0) is 4.41. The first-order chi connectivity index (χ1) is 2.89. The van der Waals surface area contributed by atoms with Crippen LogP contribution in [0.3, 0.4) is 0 Å². The molecule has 2 N–H and O–H groups in total. The normalized spacial score (nSPS) is 34.5. The smallest absolute Gasteiger partial charge is 0.168 e. The zero-order valence-corrected chi connectivity index (χ0v) is 3.35. The van der Waals surface area contributed by atoms with Gasteiger partial charge in [-0.2, -0.15) is 0 Å². The van der Waals surface area contributed by atoms with Gasteiger partial charge in [-0.25, -0.2) is 0 Å². The highest BCUT2D eigenvalue weighted by Gasteiger charge is 2.07. The Kier molecular flexibility index (Phi) is 1.05. The van der Waals surface area contributed by atoms with Crippen molar-refractivity contribution in [2.24, 2.45) is 0 Å². The summed E-state index contributed by atoms with van der Waals surface area (Å²) >= 11 is 0. The quantitative estimate of drug-likeness (QED) is 0.395. The number of rotatable bonds is 0. The van der Waals surface area contributed by atoms with Crippen LogP contribution in [0.1, 0.15) is 0 Å². The highest BCUT2D eigenvalue weighted by Crippen LogP contribution is 1.88. The van der Waals surface area contributed by atoms with Crippen LogP contribution < -0.4 is 5.32 Å². The van der Waals surface area contributed by atoms with Crippen LogP contribution >= 0.6 is 0 Å². The molecule has 0 amide bonds. The van der Waals surface area contributed by atoms with Gasteiger partial charge in [0.25, 0.3) is 0 Å². The summed E-state index contributed by atoms with van der Waals surface area (Å²) in [6.45, 7) is 1.06. The predicted octanol–water partition coefficient (Wildman–Crippen LogP) is -1.12. The van der Waals surface area contributed by atoms with Gasteiger partial charge < -0.3 is 9.84 Å². The van der Waals surface area contributed by atoms with Gasteiger partial charge in [0.15, 0.2) is 6.29 Å². The Balaban J connectivity index is 2.18. The van der Waals surface area contributed by atoms with Crippen LogP contribution in [0, 0.1) is 0 Å². The van der Waals surface area contributed by atoms with Gasteiger partial charge in [-0.3, -0.25) is 5.32 Å². The lowest BCUT2D eigenvalue weighted by atomic mass is 10.7. The number of ether oxygens (including phenoxy) is 1. The van der Waals surface area contributed by atoms with Crippen molar-refractivity contribution in [3.8, 4) is 0 Å². The minimum atomic E-state index is -0.565. The van der Waals surface area contributed by atoms with Gasteiger partial charge >= 0.3 is 0 Å².